The molecule has 2 rings (SSSR count). The molecule has 1 heterocycles. The molecule has 0 aliphatic rings. The van der Waals surface area contributed by atoms with Gasteiger partial charge in [-0.05, 0) is 18.2 Å². The first-order valence-corrected chi connectivity index (χ1v) is 4.26. The van der Waals surface area contributed by atoms with Gasteiger partial charge in [-0.15, -0.1) is 11.3 Å². The van der Waals surface area contributed by atoms with E-state index in [2.05, 4.69) is 0 Å². The van der Waals surface area contributed by atoms with E-state index in [0.29, 0.717) is 10.9 Å². The van der Waals surface area contributed by atoms with Crippen LogP contribution < -0.4 is 0 Å². The van der Waals surface area contributed by atoms with Gasteiger partial charge in [-0.3, -0.25) is 0 Å². The van der Waals surface area contributed by atoms with Crippen LogP contribution in [0.15, 0.2) is 23.6 Å². The first-order chi connectivity index (χ1) is 5.81. The lowest BCUT2D eigenvalue weighted by molar-refractivity contribution is 0.630. The van der Waals surface area contributed by atoms with Gasteiger partial charge in [0, 0.05) is 15.5 Å². The number of nitrogens with zero attached hydrogens (tertiary/aromatic N) is 1. The molecule has 1 aromatic heterocycles. The van der Waals surface area contributed by atoms with Crippen molar-refractivity contribution in [1.82, 2.24) is 0 Å². The summed E-state index contributed by atoms with van der Waals surface area (Å²) < 4.78 is 13.7. The number of benzene rings is 1. The van der Waals surface area contributed by atoms with Gasteiger partial charge in [0.15, 0.2) is 0 Å². The molecule has 58 valence electrons. The Hall–Kier alpha value is -1.40. The number of rotatable bonds is 0. The van der Waals surface area contributed by atoms with Crippen molar-refractivity contribution >= 4 is 21.4 Å². The molecular weight excluding hydrogens is 173 g/mol. The average molecular weight is 177 g/mol. The predicted octanol–water partition coefficient (Wildman–Crippen LogP) is 2.91. The molecule has 0 N–H and O–H groups in total. The molecule has 1 nitrogen and oxygen atoms in total. The van der Waals surface area contributed by atoms with E-state index in [-0.39, 0.29) is 5.82 Å². The SMILES string of the molecule is N#Cc1csc2ccc(F)cc12. The zero-order valence-corrected chi connectivity index (χ0v) is 6.86. The average Bonchev–Trinajstić information content (AvgIpc) is 2.46. The van der Waals surface area contributed by atoms with Crippen molar-refractivity contribution in [2.75, 3.05) is 0 Å². The fraction of sp³-hybridized carbons (Fsp3) is 0. The summed E-state index contributed by atoms with van der Waals surface area (Å²) in [5.41, 5.74) is 0.550. The normalized spacial score (nSPS) is 10.0. The maximum atomic E-state index is 12.7. The number of halogens is 1. The Labute approximate surface area is 72.7 Å². The summed E-state index contributed by atoms with van der Waals surface area (Å²) in [6.07, 6.45) is 0. The Kier molecular flexibility index (Phi) is 1.56. The van der Waals surface area contributed by atoms with E-state index in [9.17, 15) is 4.39 Å². The lowest BCUT2D eigenvalue weighted by Crippen LogP contribution is -1.73. The van der Waals surface area contributed by atoms with Gasteiger partial charge in [-0.1, -0.05) is 0 Å². The first kappa shape index (κ1) is 7.26. The summed E-state index contributed by atoms with van der Waals surface area (Å²) in [6.45, 7) is 0. The van der Waals surface area contributed by atoms with Crippen molar-refractivity contribution in [2.45, 2.75) is 0 Å². The Morgan fingerprint density at radius 2 is 2.25 bits per heavy atom. The minimum atomic E-state index is -0.294. The van der Waals surface area contributed by atoms with E-state index in [1.165, 1.54) is 23.5 Å². The highest BCUT2D eigenvalue weighted by atomic mass is 32.1. The van der Waals surface area contributed by atoms with E-state index < -0.39 is 0 Å². The third-order valence-corrected chi connectivity index (χ3v) is 2.62. The minimum absolute atomic E-state index is 0.294. The molecule has 0 radical (unpaired) electrons. The molecule has 2 aromatic rings. The molecule has 0 saturated carbocycles. The standard InChI is InChI=1S/C9H4FNS/c10-7-1-2-9-8(3-7)6(4-11)5-12-9/h1-3,5H. The van der Waals surface area contributed by atoms with Crippen LogP contribution in [0.1, 0.15) is 5.56 Å². The van der Waals surface area contributed by atoms with Crippen molar-refractivity contribution in [2.24, 2.45) is 0 Å². The number of thiophene rings is 1. The highest BCUT2D eigenvalue weighted by Crippen LogP contribution is 2.25. The van der Waals surface area contributed by atoms with Crippen LogP contribution in [0.2, 0.25) is 0 Å². The quantitative estimate of drug-likeness (QED) is 0.607. The molecule has 0 saturated heterocycles. The van der Waals surface area contributed by atoms with Crippen LogP contribution in [-0.4, -0.2) is 0 Å². The van der Waals surface area contributed by atoms with Crippen molar-refractivity contribution in [1.29, 1.82) is 5.26 Å². The molecule has 3 heteroatoms. The molecule has 0 fully saturated rings. The molecule has 0 spiro atoms. The van der Waals surface area contributed by atoms with Crippen LogP contribution in [0.3, 0.4) is 0 Å². The lowest BCUT2D eigenvalue weighted by Gasteiger charge is -1.89. The topological polar surface area (TPSA) is 23.8 Å². The highest BCUT2D eigenvalue weighted by Gasteiger charge is 2.03. The van der Waals surface area contributed by atoms with E-state index in [1.807, 2.05) is 6.07 Å². The molecular formula is C9H4FNS. The van der Waals surface area contributed by atoms with Gasteiger partial charge < -0.3 is 0 Å². The minimum Gasteiger partial charge on any atom is -0.207 e. The van der Waals surface area contributed by atoms with E-state index in [0.717, 1.165) is 4.70 Å². The Morgan fingerprint density at radius 1 is 1.42 bits per heavy atom. The summed E-state index contributed by atoms with van der Waals surface area (Å²) in [6, 6.07) is 6.51. The van der Waals surface area contributed by atoms with Crippen LogP contribution in [0.5, 0.6) is 0 Å². The molecule has 0 unspecified atom stereocenters. The van der Waals surface area contributed by atoms with Crippen molar-refractivity contribution < 1.29 is 4.39 Å². The zero-order chi connectivity index (χ0) is 8.55. The number of hydrogen-bond donors (Lipinski definition) is 0. The van der Waals surface area contributed by atoms with Crippen molar-refractivity contribution in [3.63, 3.8) is 0 Å². The maximum absolute atomic E-state index is 12.7. The van der Waals surface area contributed by atoms with Gasteiger partial charge >= 0.3 is 0 Å². The van der Waals surface area contributed by atoms with Gasteiger partial charge in [0.05, 0.1) is 5.56 Å². The second-order valence-electron chi connectivity index (χ2n) is 2.40. The molecule has 0 aliphatic carbocycles. The third-order valence-electron chi connectivity index (χ3n) is 1.66. The van der Waals surface area contributed by atoms with E-state index in [1.54, 1.807) is 11.4 Å². The molecule has 0 atom stereocenters. The number of nitriles is 1. The van der Waals surface area contributed by atoms with Crippen LogP contribution in [0.4, 0.5) is 4.39 Å². The highest BCUT2D eigenvalue weighted by molar-refractivity contribution is 7.17. The van der Waals surface area contributed by atoms with Gasteiger partial charge in [-0.2, -0.15) is 5.26 Å². The molecule has 0 aliphatic heterocycles. The number of hydrogen-bond acceptors (Lipinski definition) is 2. The van der Waals surface area contributed by atoms with Crippen LogP contribution in [0.25, 0.3) is 10.1 Å². The van der Waals surface area contributed by atoms with Gasteiger partial charge in [-0.25, -0.2) is 4.39 Å². The molecule has 0 bridgehead atoms. The first-order valence-electron chi connectivity index (χ1n) is 3.38. The maximum Gasteiger partial charge on any atom is 0.123 e. The van der Waals surface area contributed by atoms with Gasteiger partial charge in [0.2, 0.25) is 0 Å². The van der Waals surface area contributed by atoms with Crippen LogP contribution >= 0.6 is 11.3 Å². The third kappa shape index (κ3) is 0.973. The fourth-order valence-corrected chi connectivity index (χ4v) is 1.95. The summed E-state index contributed by atoms with van der Waals surface area (Å²) in [5.74, 6) is -0.294. The molecule has 0 amide bonds. The zero-order valence-electron chi connectivity index (χ0n) is 6.04. The number of fused-ring (bicyclic) bond motifs is 1. The lowest BCUT2D eigenvalue weighted by atomic mass is 10.2. The van der Waals surface area contributed by atoms with Crippen LogP contribution in [-0.2, 0) is 0 Å². The summed E-state index contributed by atoms with van der Waals surface area (Å²) in [4.78, 5) is 0. The Balaban J connectivity index is 2.86. The summed E-state index contributed by atoms with van der Waals surface area (Å²) in [7, 11) is 0. The Morgan fingerprint density at radius 3 is 3.00 bits per heavy atom. The summed E-state index contributed by atoms with van der Waals surface area (Å²) in [5, 5.41) is 11.1. The van der Waals surface area contributed by atoms with Gasteiger partial charge in [0.25, 0.3) is 0 Å². The van der Waals surface area contributed by atoms with Crippen molar-refractivity contribution in [3.8, 4) is 6.07 Å². The predicted molar refractivity (Wildman–Crippen MR) is 46.5 cm³/mol. The fourth-order valence-electron chi connectivity index (χ4n) is 1.09. The molecule has 12 heavy (non-hydrogen) atoms. The smallest absolute Gasteiger partial charge is 0.123 e. The van der Waals surface area contributed by atoms with Crippen LogP contribution in [0, 0.1) is 17.1 Å². The van der Waals surface area contributed by atoms with Crippen molar-refractivity contribution in [3.05, 3.63) is 35.0 Å². The molecule has 1 aromatic carbocycles. The van der Waals surface area contributed by atoms with E-state index >= 15 is 0 Å². The van der Waals surface area contributed by atoms with E-state index in [4.69, 9.17) is 5.26 Å². The second kappa shape index (κ2) is 2.58. The summed E-state index contributed by atoms with van der Waals surface area (Å²) >= 11 is 1.46. The monoisotopic (exact) mass is 177 g/mol. The largest absolute Gasteiger partial charge is 0.207 e. The second-order valence-corrected chi connectivity index (χ2v) is 3.31. The Bertz CT molecular complexity index is 467. The van der Waals surface area contributed by atoms with Gasteiger partial charge in [0.1, 0.15) is 11.9 Å².